The van der Waals surface area contributed by atoms with Crippen LogP contribution in [0.25, 0.3) is 0 Å². The highest BCUT2D eigenvalue weighted by Gasteiger charge is 2.33. The largest absolute Gasteiger partial charge is 0.376 e. The van der Waals surface area contributed by atoms with Crippen LogP contribution in [0, 0.1) is 41.4 Å². The molecule has 432 valence electrons. The Balaban J connectivity index is 0.000000435. The number of ether oxygens (including phenoxy) is 6. The fraction of sp³-hybridized carbons (Fsp3) is 1.00. The minimum Gasteiger partial charge on any atom is -0.376 e. The lowest BCUT2D eigenvalue weighted by Gasteiger charge is -2.38. The first-order valence-corrected chi connectivity index (χ1v) is 32.0. The molecule has 0 aromatic heterocycles. The number of unbranched alkanes of at least 4 members (excludes halogenated alkanes) is 1. The highest BCUT2D eigenvalue weighted by atomic mass is 16.5. The van der Waals surface area contributed by atoms with Crippen LogP contribution in [0.3, 0.4) is 0 Å². The Morgan fingerprint density at radius 2 is 0.597 bits per heavy atom. The van der Waals surface area contributed by atoms with Crippen LogP contribution in [0.15, 0.2) is 0 Å². The fourth-order valence-electron chi connectivity index (χ4n) is 12.4. The molecule has 6 saturated carbocycles. The maximum atomic E-state index is 6.04. The minimum atomic E-state index is 0.381. The van der Waals surface area contributed by atoms with E-state index < -0.39 is 0 Å². The van der Waals surface area contributed by atoms with Gasteiger partial charge in [-0.1, -0.05) is 138 Å². The van der Waals surface area contributed by atoms with Crippen LogP contribution in [-0.2, 0) is 28.4 Å². The van der Waals surface area contributed by atoms with Gasteiger partial charge in [-0.15, -0.1) is 0 Å². The molecule has 6 nitrogen and oxygen atoms in total. The number of hydrogen-bond donors (Lipinski definition) is 0. The summed E-state index contributed by atoms with van der Waals surface area (Å²) in [7, 11) is 0. The average molecular weight is 1020 g/mol. The molecule has 0 heterocycles. The van der Waals surface area contributed by atoms with E-state index in [4.69, 9.17) is 28.4 Å². The van der Waals surface area contributed by atoms with Crippen molar-refractivity contribution in [1.29, 1.82) is 0 Å². The standard InChI is InChI=1S/3C13H26O.C10H20O.C9H18O.C8H16O/c2*1-9(2)12-7-6-11(5)8-13(12)14-10(3)4;1-4-5-6-12-7-9-13(10-8-12)14-11(2)3;1-9(2)11-10-7-5-3-4-6-8-10;1-8(2)10-9-6-4-3-5-7-9;1-7(2)9-8-5-3-4-6-8/h2*9-13H,6-8H2,1-5H3;11-13H,4-10H2,1-3H3;9-10H,3-8H2,1-2H3;8-9H,3-7H2,1-2H3;7-8H,3-6H2,1-2H3/t11-,12+,13-;;;;;/m1...../s1. The molecule has 6 heteroatoms. The van der Waals surface area contributed by atoms with Gasteiger partial charge in [-0.3, -0.25) is 0 Å². The van der Waals surface area contributed by atoms with Crippen LogP contribution in [0.4, 0.5) is 0 Å². The monoisotopic (exact) mass is 1020 g/mol. The lowest BCUT2D eigenvalue weighted by Crippen LogP contribution is -2.35. The van der Waals surface area contributed by atoms with Gasteiger partial charge in [0, 0.05) is 0 Å². The zero-order chi connectivity index (χ0) is 54.0. The summed E-state index contributed by atoms with van der Waals surface area (Å²) in [6.07, 6.45) is 43.6. The molecule has 6 atom stereocenters. The molecule has 6 aliphatic rings. The summed E-state index contributed by atoms with van der Waals surface area (Å²) in [5.41, 5.74) is 0. The third-order valence-corrected chi connectivity index (χ3v) is 16.1. The third kappa shape index (κ3) is 36.0. The predicted octanol–water partition coefficient (Wildman–Crippen LogP) is 20.1. The van der Waals surface area contributed by atoms with Crippen molar-refractivity contribution in [2.75, 3.05) is 0 Å². The van der Waals surface area contributed by atoms with Gasteiger partial charge in [0.2, 0.25) is 0 Å². The van der Waals surface area contributed by atoms with E-state index in [0.717, 1.165) is 41.4 Å². The van der Waals surface area contributed by atoms with Crippen LogP contribution in [0.1, 0.15) is 311 Å². The molecule has 6 rings (SSSR count). The topological polar surface area (TPSA) is 55.4 Å². The lowest BCUT2D eigenvalue weighted by molar-refractivity contribution is -0.0675. The molecule has 0 radical (unpaired) electrons. The van der Waals surface area contributed by atoms with E-state index in [1.54, 1.807) is 0 Å². The Morgan fingerprint density at radius 1 is 0.319 bits per heavy atom. The highest BCUT2D eigenvalue weighted by molar-refractivity contribution is 4.83. The van der Waals surface area contributed by atoms with Crippen molar-refractivity contribution >= 4 is 0 Å². The second kappa shape index (κ2) is 41.8. The molecule has 0 amide bonds. The van der Waals surface area contributed by atoms with Gasteiger partial charge in [-0.25, -0.2) is 0 Å². The quantitative estimate of drug-likeness (QED) is 0.135. The molecule has 6 aliphatic carbocycles. The van der Waals surface area contributed by atoms with Gasteiger partial charge >= 0.3 is 0 Å². The van der Waals surface area contributed by atoms with Crippen molar-refractivity contribution in [3.8, 4) is 0 Å². The minimum absolute atomic E-state index is 0.381. The first kappa shape index (κ1) is 69.8. The van der Waals surface area contributed by atoms with Gasteiger partial charge < -0.3 is 28.4 Å². The molecule has 72 heavy (non-hydrogen) atoms. The normalized spacial score (nSPS) is 27.9. The van der Waals surface area contributed by atoms with Gasteiger partial charge in [0.25, 0.3) is 0 Å². The lowest BCUT2D eigenvalue weighted by atomic mass is 9.75. The van der Waals surface area contributed by atoms with Crippen LogP contribution >= 0.6 is 0 Å². The summed E-state index contributed by atoms with van der Waals surface area (Å²) in [6.45, 7) is 41.9. The van der Waals surface area contributed by atoms with Crippen molar-refractivity contribution in [2.24, 2.45) is 41.4 Å². The van der Waals surface area contributed by atoms with Crippen LogP contribution < -0.4 is 0 Å². The summed E-state index contributed by atoms with van der Waals surface area (Å²) in [6, 6.07) is 0. The zero-order valence-corrected chi connectivity index (χ0v) is 52.2. The predicted molar refractivity (Wildman–Crippen MR) is 313 cm³/mol. The van der Waals surface area contributed by atoms with Crippen molar-refractivity contribution in [1.82, 2.24) is 0 Å². The van der Waals surface area contributed by atoms with E-state index in [0.29, 0.717) is 73.2 Å². The summed E-state index contributed by atoms with van der Waals surface area (Å²) in [5, 5.41) is 0. The number of rotatable bonds is 17. The molecule has 0 bridgehead atoms. The summed E-state index contributed by atoms with van der Waals surface area (Å²) < 4.78 is 35.0. The Kier molecular flexibility index (Phi) is 40.5. The van der Waals surface area contributed by atoms with Crippen LogP contribution in [-0.4, -0.2) is 73.2 Å². The molecule has 0 aromatic rings. The Morgan fingerprint density at radius 3 is 0.875 bits per heavy atom. The molecule has 0 aromatic carbocycles. The van der Waals surface area contributed by atoms with E-state index >= 15 is 0 Å². The van der Waals surface area contributed by atoms with Gasteiger partial charge in [-0.05, 0) is 214 Å². The van der Waals surface area contributed by atoms with Crippen molar-refractivity contribution in [2.45, 2.75) is 385 Å². The first-order chi connectivity index (χ1) is 34.1. The summed E-state index contributed by atoms with van der Waals surface area (Å²) in [4.78, 5) is 0. The molecule has 0 saturated heterocycles. The Hall–Kier alpha value is -0.240. The third-order valence-electron chi connectivity index (χ3n) is 16.1. The first-order valence-electron chi connectivity index (χ1n) is 32.0. The van der Waals surface area contributed by atoms with Gasteiger partial charge in [0.1, 0.15) is 0 Å². The molecule has 6 fully saturated rings. The van der Waals surface area contributed by atoms with Crippen LogP contribution in [0.5, 0.6) is 0 Å². The van der Waals surface area contributed by atoms with Gasteiger partial charge in [0.05, 0.1) is 73.2 Å². The molecule has 0 N–H and O–H groups in total. The SMILES string of the molecule is CC(C)OC1CCCC1.CC(C)OC1CCCCC1.CC(C)OC1CCCCCC1.CC(C)O[C@@H]1C[C@H](C)CC[C@H]1C(C)C.CC1CCC(C(C)C)C(OC(C)C)C1.CCCCC1CCC(OC(C)C)CC1. The Bertz CT molecular complexity index is 1130. The van der Waals surface area contributed by atoms with Crippen molar-refractivity contribution in [3.63, 3.8) is 0 Å². The van der Waals surface area contributed by atoms with Crippen molar-refractivity contribution in [3.05, 3.63) is 0 Å². The molecule has 0 spiro atoms. The summed E-state index contributed by atoms with van der Waals surface area (Å²) in [5.74, 6) is 5.82. The van der Waals surface area contributed by atoms with Gasteiger partial charge in [0.15, 0.2) is 0 Å². The van der Waals surface area contributed by atoms with E-state index in [1.165, 1.54) is 180 Å². The molecular weight excluding hydrogens is 889 g/mol. The van der Waals surface area contributed by atoms with E-state index in [-0.39, 0.29) is 0 Å². The summed E-state index contributed by atoms with van der Waals surface area (Å²) >= 11 is 0. The zero-order valence-electron chi connectivity index (χ0n) is 52.2. The number of hydrogen-bond acceptors (Lipinski definition) is 6. The highest BCUT2D eigenvalue weighted by Crippen LogP contribution is 2.37. The molecule has 0 aliphatic heterocycles. The van der Waals surface area contributed by atoms with E-state index in [1.807, 2.05) is 0 Å². The average Bonchev–Trinajstić information content (AvgIpc) is 3.67. The maximum absolute atomic E-state index is 6.04. The smallest absolute Gasteiger partial charge is 0.0611 e. The Labute approximate surface area is 452 Å². The maximum Gasteiger partial charge on any atom is 0.0611 e. The second-order valence-corrected chi connectivity index (χ2v) is 26.4. The van der Waals surface area contributed by atoms with E-state index in [9.17, 15) is 0 Å². The van der Waals surface area contributed by atoms with Gasteiger partial charge in [-0.2, -0.15) is 0 Å². The fourth-order valence-corrected chi connectivity index (χ4v) is 12.4. The van der Waals surface area contributed by atoms with Crippen LogP contribution in [0.2, 0.25) is 0 Å². The van der Waals surface area contributed by atoms with Crippen molar-refractivity contribution < 1.29 is 28.4 Å². The molecule has 3 unspecified atom stereocenters. The second-order valence-electron chi connectivity index (χ2n) is 26.4. The van der Waals surface area contributed by atoms with E-state index in [2.05, 4.69) is 132 Å². The molecular formula is C66H132O6.